The Morgan fingerprint density at radius 3 is 1.72 bits per heavy atom. The number of hydrogen-bond donors (Lipinski definition) is 2. The molecule has 3 heteroatoms. The lowest BCUT2D eigenvalue weighted by atomic mass is 9.91. The fraction of sp³-hybridized carbons (Fsp3) is 1.00. The van der Waals surface area contributed by atoms with Gasteiger partial charge < -0.3 is 16.2 Å². The zero-order valence-corrected chi connectivity index (χ0v) is 20.4. The summed E-state index contributed by atoms with van der Waals surface area (Å²) in [4.78, 5) is 0. The van der Waals surface area contributed by atoms with Crippen LogP contribution in [0.25, 0.3) is 0 Å². The van der Waals surface area contributed by atoms with Crippen LogP contribution >= 0.6 is 0 Å². The van der Waals surface area contributed by atoms with Crippen molar-refractivity contribution in [3.05, 3.63) is 0 Å². The number of rotatable bonds is 23. The summed E-state index contributed by atoms with van der Waals surface area (Å²) in [5.74, 6) is 1.35. The second-order valence-corrected chi connectivity index (χ2v) is 9.63. The Hall–Kier alpha value is -0.120. The highest BCUT2D eigenvalue weighted by molar-refractivity contribution is 4.74. The average Bonchev–Trinajstić information content (AvgIpc) is 2.70. The quantitative estimate of drug-likeness (QED) is 0.174. The molecule has 0 aromatic carbocycles. The predicted molar refractivity (Wildman–Crippen MR) is 130 cm³/mol. The smallest absolute Gasteiger partial charge is 0.0466 e. The molecule has 2 unspecified atom stereocenters. The molecule has 0 aromatic rings. The Kier molecular flexibility index (Phi) is 22.5. The third-order valence-electron chi connectivity index (χ3n) is 6.23. The van der Waals surface area contributed by atoms with Crippen molar-refractivity contribution < 1.29 is 4.74 Å². The van der Waals surface area contributed by atoms with Crippen molar-refractivity contribution in [2.75, 3.05) is 19.8 Å². The van der Waals surface area contributed by atoms with Crippen molar-refractivity contribution in [2.24, 2.45) is 23.3 Å². The molecule has 0 bridgehead atoms. The van der Waals surface area contributed by atoms with E-state index in [4.69, 9.17) is 16.2 Å². The van der Waals surface area contributed by atoms with Gasteiger partial charge in [0, 0.05) is 19.3 Å². The Morgan fingerprint density at radius 2 is 1.14 bits per heavy atom. The van der Waals surface area contributed by atoms with E-state index in [2.05, 4.69) is 20.8 Å². The van der Waals surface area contributed by atoms with Gasteiger partial charge in [-0.1, -0.05) is 104 Å². The van der Waals surface area contributed by atoms with Crippen LogP contribution in [0.2, 0.25) is 0 Å². The first kappa shape index (κ1) is 28.9. The van der Waals surface area contributed by atoms with E-state index in [1.165, 1.54) is 96.3 Å². The van der Waals surface area contributed by atoms with Gasteiger partial charge >= 0.3 is 0 Å². The minimum Gasteiger partial charge on any atom is -0.381 e. The number of unbranched alkanes of at least 4 members (excludes halogenated alkanes) is 11. The molecule has 0 amide bonds. The Labute approximate surface area is 184 Å². The van der Waals surface area contributed by atoms with Crippen LogP contribution in [-0.2, 0) is 4.74 Å². The lowest BCUT2D eigenvalue weighted by molar-refractivity contribution is 0.123. The number of hydrogen-bond acceptors (Lipinski definition) is 3. The Balaban J connectivity index is 3.40. The van der Waals surface area contributed by atoms with Crippen LogP contribution in [0.3, 0.4) is 0 Å². The molecule has 0 aliphatic rings. The third kappa shape index (κ3) is 20.9. The molecule has 4 N–H and O–H groups in total. The summed E-state index contributed by atoms with van der Waals surface area (Å²) in [5.41, 5.74) is 12.4. The monoisotopic (exact) mass is 412 g/mol. The molecule has 2 atom stereocenters. The second kappa shape index (κ2) is 22.6. The molecule has 0 rings (SSSR count). The molecule has 0 aromatic heterocycles. The van der Waals surface area contributed by atoms with Gasteiger partial charge in [-0.3, -0.25) is 0 Å². The fourth-order valence-corrected chi connectivity index (χ4v) is 4.09. The van der Waals surface area contributed by atoms with Crippen molar-refractivity contribution in [3.63, 3.8) is 0 Å². The number of nitrogens with two attached hydrogens (primary N) is 2. The van der Waals surface area contributed by atoms with Crippen LogP contribution in [0.15, 0.2) is 0 Å². The molecule has 29 heavy (non-hydrogen) atoms. The van der Waals surface area contributed by atoms with E-state index in [-0.39, 0.29) is 6.04 Å². The first-order valence-corrected chi connectivity index (χ1v) is 13.1. The van der Waals surface area contributed by atoms with E-state index in [1.54, 1.807) is 0 Å². The van der Waals surface area contributed by atoms with Crippen LogP contribution < -0.4 is 11.5 Å². The summed E-state index contributed by atoms with van der Waals surface area (Å²) < 4.78 is 5.82. The maximum absolute atomic E-state index is 6.40. The van der Waals surface area contributed by atoms with E-state index >= 15 is 0 Å². The standard InChI is InChI=1S/C26H56N2O/c1-4-5-6-7-12-15-19-25(23-27)26(28)20-17-22-29-21-16-13-10-8-9-11-14-18-24(2)3/h24-26H,4-23,27-28H2,1-3H3. The highest BCUT2D eigenvalue weighted by Gasteiger charge is 2.15. The molecule has 176 valence electrons. The lowest BCUT2D eigenvalue weighted by Crippen LogP contribution is -2.35. The summed E-state index contributed by atoms with van der Waals surface area (Å²) in [6.07, 6.45) is 22.3. The normalized spacial score (nSPS) is 13.9. The highest BCUT2D eigenvalue weighted by Crippen LogP contribution is 2.17. The summed E-state index contributed by atoms with van der Waals surface area (Å²) in [7, 11) is 0. The molecular weight excluding hydrogens is 356 g/mol. The van der Waals surface area contributed by atoms with E-state index in [0.717, 1.165) is 38.5 Å². The zero-order chi connectivity index (χ0) is 21.6. The molecule has 0 radical (unpaired) electrons. The molecule has 0 spiro atoms. The van der Waals surface area contributed by atoms with E-state index < -0.39 is 0 Å². The SMILES string of the molecule is CCCCCCCCC(CN)C(N)CCCOCCCCCCCCCC(C)C. The molecule has 0 saturated carbocycles. The van der Waals surface area contributed by atoms with Crippen molar-refractivity contribution in [1.29, 1.82) is 0 Å². The molecule has 0 fully saturated rings. The first-order chi connectivity index (χ1) is 14.1. The molecule has 0 saturated heterocycles. The summed E-state index contributed by atoms with van der Waals surface area (Å²) in [6, 6.07) is 0.245. The fourth-order valence-electron chi connectivity index (χ4n) is 4.09. The van der Waals surface area contributed by atoms with Gasteiger partial charge in [0.05, 0.1) is 0 Å². The van der Waals surface area contributed by atoms with Gasteiger partial charge in [-0.05, 0) is 44.1 Å². The summed E-state index contributed by atoms with van der Waals surface area (Å²) in [6.45, 7) is 9.41. The average molecular weight is 413 g/mol. The summed E-state index contributed by atoms with van der Waals surface area (Å²) in [5, 5.41) is 0. The Bertz CT molecular complexity index is 309. The predicted octanol–water partition coefficient (Wildman–Crippen LogP) is 7.21. The molecule has 0 aliphatic heterocycles. The van der Waals surface area contributed by atoms with Crippen molar-refractivity contribution >= 4 is 0 Å². The van der Waals surface area contributed by atoms with Gasteiger partial charge in [0.25, 0.3) is 0 Å². The van der Waals surface area contributed by atoms with Crippen molar-refractivity contribution in [3.8, 4) is 0 Å². The third-order valence-corrected chi connectivity index (χ3v) is 6.23. The highest BCUT2D eigenvalue weighted by atomic mass is 16.5. The van der Waals surface area contributed by atoms with Crippen LogP contribution in [0, 0.1) is 11.8 Å². The van der Waals surface area contributed by atoms with Gasteiger partial charge in [0.1, 0.15) is 0 Å². The van der Waals surface area contributed by atoms with Gasteiger partial charge in [0.15, 0.2) is 0 Å². The van der Waals surface area contributed by atoms with Crippen LogP contribution in [0.4, 0.5) is 0 Å². The summed E-state index contributed by atoms with van der Waals surface area (Å²) >= 11 is 0. The van der Waals surface area contributed by atoms with Gasteiger partial charge in [0.2, 0.25) is 0 Å². The van der Waals surface area contributed by atoms with E-state index in [9.17, 15) is 0 Å². The topological polar surface area (TPSA) is 61.3 Å². The second-order valence-electron chi connectivity index (χ2n) is 9.63. The van der Waals surface area contributed by atoms with Gasteiger partial charge in [-0.25, -0.2) is 0 Å². The zero-order valence-electron chi connectivity index (χ0n) is 20.4. The minimum atomic E-state index is 0.245. The molecule has 0 heterocycles. The van der Waals surface area contributed by atoms with Crippen molar-refractivity contribution in [2.45, 2.75) is 136 Å². The van der Waals surface area contributed by atoms with Crippen LogP contribution in [-0.4, -0.2) is 25.8 Å². The molecule has 0 aliphatic carbocycles. The lowest BCUT2D eigenvalue weighted by Gasteiger charge is -2.22. The minimum absolute atomic E-state index is 0.245. The van der Waals surface area contributed by atoms with Crippen LogP contribution in [0.5, 0.6) is 0 Å². The Morgan fingerprint density at radius 1 is 0.621 bits per heavy atom. The van der Waals surface area contributed by atoms with Crippen LogP contribution in [0.1, 0.15) is 130 Å². The van der Waals surface area contributed by atoms with Gasteiger partial charge in [-0.2, -0.15) is 0 Å². The largest absolute Gasteiger partial charge is 0.381 e. The number of ether oxygens (including phenoxy) is 1. The first-order valence-electron chi connectivity index (χ1n) is 13.1. The van der Waals surface area contributed by atoms with E-state index in [1.807, 2.05) is 0 Å². The maximum Gasteiger partial charge on any atom is 0.0466 e. The van der Waals surface area contributed by atoms with Gasteiger partial charge in [-0.15, -0.1) is 0 Å². The van der Waals surface area contributed by atoms with E-state index in [0.29, 0.717) is 5.92 Å². The molecular formula is C26H56N2O. The van der Waals surface area contributed by atoms with Crippen molar-refractivity contribution in [1.82, 2.24) is 0 Å². The molecule has 3 nitrogen and oxygen atoms in total. The maximum atomic E-state index is 6.40.